The van der Waals surface area contributed by atoms with Gasteiger partial charge in [0.2, 0.25) is 0 Å². The normalized spacial score (nSPS) is 17.8. The molecule has 4 heteroatoms. The Bertz CT molecular complexity index is 508. The minimum Gasteiger partial charge on any atom is -0.350 e. The lowest BCUT2D eigenvalue weighted by Crippen LogP contribution is -2.53. The molecule has 21 heavy (non-hydrogen) atoms. The minimum atomic E-state index is 0.0283. The van der Waals surface area contributed by atoms with Crippen molar-refractivity contribution in [3.05, 3.63) is 33.8 Å². The summed E-state index contributed by atoms with van der Waals surface area (Å²) in [7, 11) is 4.25. The summed E-state index contributed by atoms with van der Waals surface area (Å²) in [5, 5.41) is 3.16. The van der Waals surface area contributed by atoms with Crippen LogP contribution in [-0.2, 0) is 0 Å². The van der Waals surface area contributed by atoms with Crippen LogP contribution in [0.5, 0.6) is 0 Å². The molecule has 0 aliphatic heterocycles. The van der Waals surface area contributed by atoms with Crippen LogP contribution in [-0.4, -0.2) is 37.0 Å². The highest BCUT2D eigenvalue weighted by Gasteiger charge is 2.34. The van der Waals surface area contributed by atoms with E-state index in [0.29, 0.717) is 0 Å². The van der Waals surface area contributed by atoms with E-state index in [1.165, 1.54) is 19.3 Å². The Morgan fingerprint density at radius 3 is 2.57 bits per heavy atom. The molecule has 0 unspecified atom stereocenters. The van der Waals surface area contributed by atoms with Gasteiger partial charge in [-0.1, -0.05) is 41.3 Å². The van der Waals surface area contributed by atoms with Crippen molar-refractivity contribution >= 4 is 21.8 Å². The number of nitrogens with zero attached hydrogens (tertiary/aromatic N) is 1. The summed E-state index contributed by atoms with van der Waals surface area (Å²) in [5.74, 6) is 0.0283. The Morgan fingerprint density at radius 2 is 1.95 bits per heavy atom. The van der Waals surface area contributed by atoms with Crippen LogP contribution in [0.2, 0.25) is 0 Å². The predicted octanol–water partition coefficient (Wildman–Crippen LogP) is 3.75. The summed E-state index contributed by atoms with van der Waals surface area (Å²) in [4.78, 5) is 14.8. The number of benzene rings is 1. The van der Waals surface area contributed by atoms with Gasteiger partial charge in [-0.15, -0.1) is 0 Å². The number of aryl methyl sites for hydroxylation is 1. The first-order chi connectivity index (χ1) is 9.94. The number of hydrogen-bond acceptors (Lipinski definition) is 2. The maximum atomic E-state index is 12.5. The summed E-state index contributed by atoms with van der Waals surface area (Å²) in [6.07, 6.45) is 6.15. The summed E-state index contributed by atoms with van der Waals surface area (Å²) in [6.45, 7) is 2.70. The lowest BCUT2D eigenvalue weighted by Gasteiger charge is -2.43. The van der Waals surface area contributed by atoms with E-state index in [2.05, 4.69) is 40.2 Å². The molecule has 0 radical (unpaired) electrons. The number of carbonyl (C=O) groups excluding carboxylic acids is 1. The van der Waals surface area contributed by atoms with Crippen molar-refractivity contribution in [2.75, 3.05) is 20.6 Å². The minimum absolute atomic E-state index is 0.0283. The molecule has 0 atom stereocenters. The quantitative estimate of drug-likeness (QED) is 0.894. The summed E-state index contributed by atoms with van der Waals surface area (Å²) >= 11 is 3.44. The molecule has 0 saturated heterocycles. The second kappa shape index (κ2) is 6.93. The third kappa shape index (κ3) is 3.86. The number of nitrogens with one attached hydrogen (secondary N) is 1. The van der Waals surface area contributed by atoms with E-state index in [4.69, 9.17) is 0 Å². The Morgan fingerprint density at radius 1 is 1.29 bits per heavy atom. The first-order valence-electron chi connectivity index (χ1n) is 7.66. The zero-order valence-corrected chi connectivity index (χ0v) is 14.8. The van der Waals surface area contributed by atoms with Crippen LogP contribution in [0.25, 0.3) is 0 Å². The van der Waals surface area contributed by atoms with Gasteiger partial charge < -0.3 is 10.2 Å². The molecule has 3 nitrogen and oxygen atoms in total. The van der Waals surface area contributed by atoms with Crippen LogP contribution in [0.15, 0.2) is 22.7 Å². The summed E-state index contributed by atoms with van der Waals surface area (Å²) in [5.41, 5.74) is 1.89. The van der Waals surface area contributed by atoms with Crippen LogP contribution < -0.4 is 5.32 Å². The number of hydrogen-bond donors (Lipinski definition) is 1. The first-order valence-corrected chi connectivity index (χ1v) is 8.46. The number of carbonyl (C=O) groups is 1. The topological polar surface area (TPSA) is 32.3 Å². The van der Waals surface area contributed by atoms with Crippen LogP contribution in [0.4, 0.5) is 0 Å². The molecule has 0 spiro atoms. The lowest BCUT2D eigenvalue weighted by atomic mass is 9.80. The van der Waals surface area contributed by atoms with Crippen molar-refractivity contribution in [3.63, 3.8) is 0 Å². The maximum absolute atomic E-state index is 12.5. The fourth-order valence-corrected chi connectivity index (χ4v) is 3.53. The highest BCUT2D eigenvalue weighted by atomic mass is 79.9. The number of rotatable bonds is 4. The molecule has 1 N–H and O–H groups in total. The third-order valence-corrected chi connectivity index (χ3v) is 5.25. The largest absolute Gasteiger partial charge is 0.350 e. The lowest BCUT2D eigenvalue weighted by molar-refractivity contribution is 0.0799. The number of amides is 1. The molecule has 116 valence electrons. The van der Waals surface area contributed by atoms with E-state index in [9.17, 15) is 4.79 Å². The van der Waals surface area contributed by atoms with Crippen molar-refractivity contribution in [3.8, 4) is 0 Å². The monoisotopic (exact) mass is 352 g/mol. The molecule has 0 heterocycles. The highest BCUT2D eigenvalue weighted by Crippen LogP contribution is 2.31. The Kier molecular flexibility index (Phi) is 5.44. The molecule has 1 fully saturated rings. The van der Waals surface area contributed by atoms with Crippen molar-refractivity contribution in [2.45, 2.75) is 44.6 Å². The van der Waals surface area contributed by atoms with Gasteiger partial charge in [-0.05, 0) is 51.6 Å². The van der Waals surface area contributed by atoms with Gasteiger partial charge in [0, 0.05) is 22.1 Å². The molecule has 1 aliphatic carbocycles. The van der Waals surface area contributed by atoms with Gasteiger partial charge in [-0.3, -0.25) is 4.79 Å². The maximum Gasteiger partial charge on any atom is 0.251 e. The molecule has 0 bridgehead atoms. The van der Waals surface area contributed by atoms with Crippen molar-refractivity contribution < 1.29 is 4.79 Å². The van der Waals surface area contributed by atoms with E-state index in [0.717, 1.165) is 35.0 Å². The van der Waals surface area contributed by atoms with E-state index < -0.39 is 0 Å². The molecule has 2 rings (SSSR count). The second-order valence-electron chi connectivity index (χ2n) is 6.32. The van der Waals surface area contributed by atoms with Gasteiger partial charge in [-0.2, -0.15) is 0 Å². The molecule has 1 aliphatic rings. The van der Waals surface area contributed by atoms with Gasteiger partial charge in [0.05, 0.1) is 0 Å². The fourth-order valence-electron chi connectivity index (χ4n) is 3.17. The molecule has 1 aromatic carbocycles. The zero-order chi connectivity index (χ0) is 15.5. The highest BCUT2D eigenvalue weighted by molar-refractivity contribution is 9.10. The molecule has 1 aromatic rings. The standard InChI is InChI=1S/C17H25BrN2O/c1-13-7-8-14(18)11-15(13)16(21)19-12-17(20(2)3)9-5-4-6-10-17/h7-8,11H,4-6,9-10,12H2,1-3H3,(H,19,21). The SMILES string of the molecule is Cc1ccc(Br)cc1C(=O)NCC1(N(C)C)CCCCC1. The van der Waals surface area contributed by atoms with Crippen LogP contribution in [0.3, 0.4) is 0 Å². The van der Waals surface area contributed by atoms with Crippen molar-refractivity contribution in [1.82, 2.24) is 10.2 Å². The van der Waals surface area contributed by atoms with E-state index >= 15 is 0 Å². The Balaban J connectivity index is 2.07. The number of halogens is 1. The average Bonchev–Trinajstić information content (AvgIpc) is 2.48. The van der Waals surface area contributed by atoms with Crippen molar-refractivity contribution in [2.24, 2.45) is 0 Å². The predicted molar refractivity (Wildman–Crippen MR) is 90.7 cm³/mol. The molecule has 0 aromatic heterocycles. The summed E-state index contributed by atoms with van der Waals surface area (Å²) < 4.78 is 0.943. The van der Waals surface area contributed by atoms with Crippen LogP contribution in [0.1, 0.15) is 48.0 Å². The van der Waals surface area contributed by atoms with Gasteiger partial charge in [0.25, 0.3) is 5.91 Å². The number of likely N-dealkylation sites (N-methyl/N-ethyl adjacent to an activating group) is 1. The summed E-state index contributed by atoms with van der Waals surface area (Å²) in [6, 6.07) is 5.84. The molecular weight excluding hydrogens is 328 g/mol. The molecule has 1 amide bonds. The van der Waals surface area contributed by atoms with Crippen LogP contribution in [0, 0.1) is 6.92 Å². The molecular formula is C17H25BrN2O. The smallest absolute Gasteiger partial charge is 0.251 e. The van der Waals surface area contributed by atoms with Gasteiger partial charge in [0.1, 0.15) is 0 Å². The van der Waals surface area contributed by atoms with E-state index in [-0.39, 0.29) is 11.4 Å². The zero-order valence-electron chi connectivity index (χ0n) is 13.2. The third-order valence-electron chi connectivity index (χ3n) is 4.76. The fraction of sp³-hybridized carbons (Fsp3) is 0.588. The average molecular weight is 353 g/mol. The van der Waals surface area contributed by atoms with Gasteiger partial charge in [0.15, 0.2) is 0 Å². The van der Waals surface area contributed by atoms with E-state index in [1.807, 2.05) is 25.1 Å². The second-order valence-corrected chi connectivity index (χ2v) is 7.24. The Labute approximate surface area is 136 Å². The van der Waals surface area contributed by atoms with Crippen molar-refractivity contribution in [1.29, 1.82) is 0 Å². The van der Waals surface area contributed by atoms with Gasteiger partial charge >= 0.3 is 0 Å². The molecule has 1 saturated carbocycles. The first kappa shape index (κ1) is 16.5. The van der Waals surface area contributed by atoms with E-state index in [1.54, 1.807) is 0 Å². The Hall–Kier alpha value is -0.870. The van der Waals surface area contributed by atoms with Crippen LogP contribution >= 0.6 is 15.9 Å². The van der Waals surface area contributed by atoms with Gasteiger partial charge in [-0.25, -0.2) is 0 Å².